The van der Waals surface area contributed by atoms with Crippen LogP contribution in [0.4, 0.5) is 10.5 Å². The summed E-state index contributed by atoms with van der Waals surface area (Å²) >= 11 is 0. The number of urea groups is 1. The summed E-state index contributed by atoms with van der Waals surface area (Å²) in [6.45, 7) is 3.52. The van der Waals surface area contributed by atoms with Gasteiger partial charge in [-0.05, 0) is 26.0 Å². The van der Waals surface area contributed by atoms with Crippen LogP contribution in [0.25, 0.3) is 0 Å². The Morgan fingerprint density at radius 3 is 2.57 bits per heavy atom. The van der Waals surface area contributed by atoms with Crippen LogP contribution >= 0.6 is 0 Å². The van der Waals surface area contributed by atoms with E-state index in [2.05, 4.69) is 10.6 Å². The number of hydrogen-bond donors (Lipinski definition) is 4. The minimum Gasteiger partial charge on any atom is -0.478 e. The van der Waals surface area contributed by atoms with Crippen LogP contribution in [0.15, 0.2) is 18.2 Å². The van der Waals surface area contributed by atoms with E-state index in [1.165, 1.54) is 19.1 Å². The lowest BCUT2D eigenvalue weighted by Gasteiger charge is -2.17. The third-order valence-electron chi connectivity index (χ3n) is 2.55. The third kappa shape index (κ3) is 4.37. The molecule has 1 unspecified atom stereocenters. The fourth-order valence-electron chi connectivity index (χ4n) is 1.53. The van der Waals surface area contributed by atoms with Crippen molar-refractivity contribution in [2.24, 2.45) is 5.73 Å². The average molecular weight is 294 g/mol. The number of amides is 4. The van der Waals surface area contributed by atoms with Crippen LogP contribution in [0.5, 0.6) is 5.75 Å². The van der Waals surface area contributed by atoms with Crippen molar-refractivity contribution in [3.8, 4) is 5.75 Å². The van der Waals surface area contributed by atoms with Crippen LogP contribution in [0.3, 0.4) is 0 Å². The van der Waals surface area contributed by atoms with Gasteiger partial charge in [-0.15, -0.1) is 0 Å². The lowest BCUT2D eigenvalue weighted by atomic mass is 10.1. The van der Waals surface area contributed by atoms with Crippen molar-refractivity contribution in [2.45, 2.75) is 20.0 Å². The van der Waals surface area contributed by atoms with Gasteiger partial charge in [-0.1, -0.05) is 6.07 Å². The highest BCUT2D eigenvalue weighted by molar-refractivity contribution is 5.98. The minimum absolute atomic E-state index is 0.0172. The number of imide groups is 1. The molecule has 0 aliphatic rings. The van der Waals surface area contributed by atoms with Crippen LogP contribution in [-0.4, -0.2) is 30.5 Å². The van der Waals surface area contributed by atoms with Crippen molar-refractivity contribution in [1.29, 1.82) is 0 Å². The molecule has 0 radical (unpaired) electrons. The van der Waals surface area contributed by atoms with Crippen LogP contribution in [0.1, 0.15) is 24.2 Å². The second-order valence-electron chi connectivity index (χ2n) is 4.20. The van der Waals surface area contributed by atoms with Gasteiger partial charge < -0.3 is 21.5 Å². The second kappa shape index (κ2) is 7.13. The molecule has 1 rings (SSSR count). The van der Waals surface area contributed by atoms with Gasteiger partial charge in [0.25, 0.3) is 11.8 Å². The van der Waals surface area contributed by atoms with Crippen LogP contribution in [0.2, 0.25) is 0 Å². The summed E-state index contributed by atoms with van der Waals surface area (Å²) in [4.78, 5) is 34.3. The lowest BCUT2D eigenvalue weighted by molar-refractivity contribution is -0.126. The summed E-state index contributed by atoms with van der Waals surface area (Å²) in [6.07, 6.45) is -1.03. The molecule has 8 heteroatoms. The molecule has 1 aromatic rings. The molecule has 1 aromatic carbocycles. The number of carbonyl (C=O) groups is 3. The van der Waals surface area contributed by atoms with E-state index >= 15 is 0 Å². The molecule has 0 saturated carbocycles. The zero-order valence-corrected chi connectivity index (χ0v) is 11.8. The Morgan fingerprint density at radius 1 is 1.33 bits per heavy atom. The van der Waals surface area contributed by atoms with Gasteiger partial charge >= 0.3 is 6.03 Å². The molecule has 0 aliphatic carbocycles. The number of rotatable bonds is 5. The summed E-state index contributed by atoms with van der Waals surface area (Å²) in [5.74, 6) is -1.38. The topological polar surface area (TPSA) is 137 Å². The fraction of sp³-hybridized carbons (Fsp3) is 0.308. The summed E-state index contributed by atoms with van der Waals surface area (Å²) < 4.78 is 5.36. The Labute approximate surface area is 121 Å². The summed E-state index contributed by atoms with van der Waals surface area (Å²) in [6, 6.07) is 3.86. The number of nitrogens with two attached hydrogens (primary N) is 2. The molecular weight excluding hydrogens is 276 g/mol. The Kier molecular flexibility index (Phi) is 5.53. The first-order chi connectivity index (χ1) is 9.86. The molecule has 6 N–H and O–H groups in total. The van der Waals surface area contributed by atoms with Gasteiger partial charge in [-0.2, -0.15) is 0 Å². The number of nitrogen functional groups attached to an aromatic ring is 1. The normalized spacial score (nSPS) is 11.3. The first-order valence-electron chi connectivity index (χ1n) is 6.30. The van der Waals surface area contributed by atoms with Crippen molar-refractivity contribution >= 4 is 23.5 Å². The Bertz CT molecular complexity index is 559. The van der Waals surface area contributed by atoms with Gasteiger partial charge in [0.05, 0.1) is 11.3 Å². The molecule has 0 spiro atoms. The number of para-hydroxylation sites is 1. The lowest BCUT2D eigenvalue weighted by Crippen LogP contribution is -2.45. The Hall–Kier alpha value is -2.77. The van der Waals surface area contributed by atoms with Crippen LogP contribution in [0, 0.1) is 0 Å². The van der Waals surface area contributed by atoms with Gasteiger partial charge in [0, 0.05) is 6.54 Å². The van der Waals surface area contributed by atoms with Gasteiger partial charge in [0.2, 0.25) is 0 Å². The maximum Gasteiger partial charge on any atom is 0.321 e. The molecule has 0 saturated heterocycles. The standard InChI is InChI=1S/C13H18N4O4/c1-3-16-13(20)17-12(19)7(2)21-10-8(11(15)18)5-4-6-9(10)14/h4-7H,3,14H2,1-2H3,(H2,15,18)(H2,16,17,19,20). The van der Waals surface area contributed by atoms with Crippen LogP contribution < -0.4 is 26.8 Å². The average Bonchev–Trinajstić information content (AvgIpc) is 2.40. The van der Waals surface area contributed by atoms with Crippen molar-refractivity contribution in [3.63, 3.8) is 0 Å². The molecule has 21 heavy (non-hydrogen) atoms. The summed E-state index contributed by atoms with van der Waals surface area (Å²) in [5, 5.41) is 4.51. The molecule has 0 fully saturated rings. The maximum atomic E-state index is 11.8. The fourth-order valence-corrected chi connectivity index (χ4v) is 1.53. The van der Waals surface area contributed by atoms with Gasteiger partial charge in [0.1, 0.15) is 0 Å². The highest BCUT2D eigenvalue weighted by Crippen LogP contribution is 2.27. The SMILES string of the molecule is CCNC(=O)NC(=O)C(C)Oc1c(N)cccc1C(N)=O. The zero-order valence-electron chi connectivity index (χ0n) is 11.8. The number of ether oxygens (including phenoxy) is 1. The number of anilines is 1. The third-order valence-corrected chi connectivity index (χ3v) is 2.55. The summed E-state index contributed by atoms with van der Waals surface area (Å²) in [5.41, 5.74) is 11.2. The van der Waals surface area contributed by atoms with E-state index in [0.29, 0.717) is 6.54 Å². The van der Waals surface area contributed by atoms with Gasteiger partial charge in [-0.3, -0.25) is 14.9 Å². The Morgan fingerprint density at radius 2 is 2.00 bits per heavy atom. The molecule has 8 nitrogen and oxygen atoms in total. The first kappa shape index (κ1) is 16.3. The second-order valence-corrected chi connectivity index (χ2v) is 4.20. The molecule has 0 bridgehead atoms. The molecule has 0 aromatic heterocycles. The predicted octanol–water partition coefficient (Wildman–Crippen LogP) is -0.0193. The molecular formula is C13H18N4O4. The number of benzene rings is 1. The van der Waals surface area contributed by atoms with Crippen molar-refractivity contribution < 1.29 is 19.1 Å². The number of primary amides is 1. The largest absolute Gasteiger partial charge is 0.478 e. The zero-order chi connectivity index (χ0) is 16.0. The number of carbonyl (C=O) groups excluding carboxylic acids is 3. The van der Waals surface area contributed by atoms with Gasteiger partial charge in [-0.25, -0.2) is 4.79 Å². The maximum absolute atomic E-state index is 11.8. The molecule has 114 valence electrons. The van der Waals surface area contributed by atoms with E-state index in [1.807, 2.05) is 0 Å². The van der Waals surface area contributed by atoms with Crippen molar-refractivity contribution in [3.05, 3.63) is 23.8 Å². The molecule has 1 atom stereocenters. The van der Waals surface area contributed by atoms with E-state index in [4.69, 9.17) is 16.2 Å². The molecule has 0 aliphatic heterocycles. The van der Waals surface area contributed by atoms with Crippen molar-refractivity contribution in [2.75, 3.05) is 12.3 Å². The number of hydrogen-bond acceptors (Lipinski definition) is 5. The van der Waals surface area contributed by atoms with Crippen LogP contribution in [-0.2, 0) is 4.79 Å². The molecule has 0 heterocycles. The van der Waals surface area contributed by atoms with E-state index in [-0.39, 0.29) is 17.0 Å². The van der Waals surface area contributed by atoms with E-state index in [0.717, 1.165) is 0 Å². The highest BCUT2D eigenvalue weighted by atomic mass is 16.5. The van der Waals surface area contributed by atoms with E-state index in [9.17, 15) is 14.4 Å². The van der Waals surface area contributed by atoms with Gasteiger partial charge in [0.15, 0.2) is 11.9 Å². The van der Waals surface area contributed by atoms with Crippen molar-refractivity contribution in [1.82, 2.24) is 10.6 Å². The van der Waals surface area contributed by atoms with E-state index < -0.39 is 23.9 Å². The molecule has 4 amide bonds. The monoisotopic (exact) mass is 294 g/mol. The summed E-state index contributed by atoms with van der Waals surface area (Å²) in [7, 11) is 0. The predicted molar refractivity (Wildman–Crippen MR) is 76.7 cm³/mol. The van der Waals surface area contributed by atoms with E-state index in [1.54, 1.807) is 13.0 Å². The smallest absolute Gasteiger partial charge is 0.321 e. The Balaban J connectivity index is 2.84. The highest BCUT2D eigenvalue weighted by Gasteiger charge is 2.21. The minimum atomic E-state index is -1.03. The number of nitrogens with one attached hydrogen (secondary N) is 2. The quantitative estimate of drug-likeness (QED) is 0.566. The first-order valence-corrected chi connectivity index (χ1v) is 6.30.